The first-order valence-electron chi connectivity index (χ1n) is 9.90. The van der Waals surface area contributed by atoms with Crippen LogP contribution in [0.2, 0.25) is 0 Å². The first kappa shape index (κ1) is 21.1. The Labute approximate surface area is 163 Å². The molecule has 1 N–H and O–H groups in total. The maximum absolute atomic E-state index is 12.6. The van der Waals surface area contributed by atoms with Crippen molar-refractivity contribution in [3.05, 3.63) is 24.3 Å². The molecule has 26 heavy (non-hydrogen) atoms. The van der Waals surface area contributed by atoms with Crippen LogP contribution in [0.4, 0.5) is 10.5 Å². The number of piperidine rings is 1. The standard InChI is InChI=1S/C21H35N3OS/c1-6-14-21(3,4)26-19-10-8-17(9-11-19)22-20(25)23(5)18-12-15-24(7-2)16-13-18/h8-11,18H,6-7,12-16H2,1-5H3,(H,22,25). The van der Waals surface area contributed by atoms with E-state index in [9.17, 15) is 4.79 Å². The smallest absolute Gasteiger partial charge is 0.321 e. The van der Waals surface area contributed by atoms with Gasteiger partial charge in [0, 0.05) is 41.5 Å². The Morgan fingerprint density at radius 2 is 1.85 bits per heavy atom. The van der Waals surface area contributed by atoms with Gasteiger partial charge in [0.25, 0.3) is 0 Å². The molecule has 0 aromatic heterocycles. The maximum atomic E-state index is 12.6. The average Bonchev–Trinajstić information content (AvgIpc) is 2.62. The van der Waals surface area contributed by atoms with Gasteiger partial charge in [-0.05, 0) is 50.1 Å². The number of nitrogens with zero attached hydrogens (tertiary/aromatic N) is 2. The Bertz CT molecular complexity index is 565. The summed E-state index contributed by atoms with van der Waals surface area (Å²) in [6.45, 7) is 12.3. The van der Waals surface area contributed by atoms with E-state index in [1.54, 1.807) is 0 Å². The summed E-state index contributed by atoms with van der Waals surface area (Å²) in [5, 5.41) is 3.04. The van der Waals surface area contributed by atoms with Crippen molar-refractivity contribution < 1.29 is 4.79 Å². The van der Waals surface area contributed by atoms with E-state index in [4.69, 9.17) is 0 Å². The highest BCUT2D eigenvalue weighted by molar-refractivity contribution is 8.00. The molecule has 2 amide bonds. The lowest BCUT2D eigenvalue weighted by atomic mass is 10.0. The number of carbonyl (C=O) groups is 1. The number of anilines is 1. The summed E-state index contributed by atoms with van der Waals surface area (Å²) in [6.07, 6.45) is 4.50. The molecule has 1 aliphatic heterocycles. The molecule has 2 rings (SSSR count). The van der Waals surface area contributed by atoms with E-state index in [0.717, 1.165) is 38.2 Å². The fourth-order valence-electron chi connectivity index (χ4n) is 3.58. The van der Waals surface area contributed by atoms with Crippen molar-refractivity contribution in [2.24, 2.45) is 0 Å². The molecule has 0 bridgehead atoms. The highest BCUT2D eigenvalue weighted by atomic mass is 32.2. The molecule has 1 aliphatic rings. The Morgan fingerprint density at radius 1 is 1.23 bits per heavy atom. The molecular weight excluding hydrogens is 342 g/mol. The molecule has 1 aromatic rings. The minimum atomic E-state index is -0.00772. The lowest BCUT2D eigenvalue weighted by molar-refractivity contribution is 0.145. The molecule has 4 nitrogen and oxygen atoms in total. The van der Waals surface area contributed by atoms with E-state index < -0.39 is 0 Å². The van der Waals surface area contributed by atoms with Crippen molar-refractivity contribution in [1.29, 1.82) is 0 Å². The second kappa shape index (κ2) is 9.65. The molecular formula is C21H35N3OS. The number of hydrogen-bond acceptors (Lipinski definition) is 3. The van der Waals surface area contributed by atoms with Crippen LogP contribution in [-0.4, -0.2) is 53.3 Å². The molecule has 1 fully saturated rings. The van der Waals surface area contributed by atoms with Gasteiger partial charge in [0.05, 0.1) is 0 Å². The number of nitrogens with one attached hydrogen (secondary N) is 1. The number of benzene rings is 1. The summed E-state index contributed by atoms with van der Waals surface area (Å²) in [7, 11) is 1.92. The lowest BCUT2D eigenvalue weighted by Gasteiger charge is -2.36. The van der Waals surface area contributed by atoms with Crippen LogP contribution in [0.3, 0.4) is 0 Å². The van der Waals surface area contributed by atoms with Crippen molar-refractivity contribution in [2.75, 3.05) is 32.0 Å². The van der Waals surface area contributed by atoms with Gasteiger partial charge >= 0.3 is 6.03 Å². The van der Waals surface area contributed by atoms with Crippen molar-refractivity contribution in [3.8, 4) is 0 Å². The fourth-order valence-corrected chi connectivity index (χ4v) is 4.80. The Morgan fingerprint density at radius 3 is 2.38 bits per heavy atom. The minimum Gasteiger partial charge on any atom is -0.325 e. The van der Waals surface area contributed by atoms with Crippen molar-refractivity contribution in [2.45, 2.75) is 69.1 Å². The largest absolute Gasteiger partial charge is 0.325 e. The van der Waals surface area contributed by atoms with Gasteiger partial charge in [-0.25, -0.2) is 4.79 Å². The Hall–Kier alpha value is -1.20. The van der Waals surface area contributed by atoms with Crippen LogP contribution in [-0.2, 0) is 0 Å². The van der Waals surface area contributed by atoms with Crippen LogP contribution in [0.5, 0.6) is 0 Å². The number of carbonyl (C=O) groups excluding carboxylic acids is 1. The van der Waals surface area contributed by atoms with Gasteiger partial charge in [-0.1, -0.05) is 34.1 Å². The van der Waals surface area contributed by atoms with Gasteiger partial charge in [-0.3, -0.25) is 0 Å². The van der Waals surface area contributed by atoms with Crippen molar-refractivity contribution in [1.82, 2.24) is 9.80 Å². The summed E-state index contributed by atoms with van der Waals surface area (Å²) in [5.74, 6) is 0. The van der Waals surface area contributed by atoms with Crippen LogP contribution >= 0.6 is 11.8 Å². The molecule has 1 heterocycles. The molecule has 5 heteroatoms. The topological polar surface area (TPSA) is 35.6 Å². The predicted molar refractivity (Wildman–Crippen MR) is 113 cm³/mol. The minimum absolute atomic E-state index is 0.00772. The summed E-state index contributed by atoms with van der Waals surface area (Å²) < 4.78 is 0.243. The second-order valence-corrected chi connectivity index (χ2v) is 9.62. The van der Waals surface area contributed by atoms with E-state index in [-0.39, 0.29) is 10.8 Å². The first-order chi connectivity index (χ1) is 12.3. The summed E-state index contributed by atoms with van der Waals surface area (Å²) in [5.41, 5.74) is 0.866. The molecule has 0 unspecified atom stereocenters. The highest BCUT2D eigenvalue weighted by Gasteiger charge is 2.24. The van der Waals surface area contributed by atoms with Crippen LogP contribution in [0.15, 0.2) is 29.2 Å². The van der Waals surface area contributed by atoms with E-state index in [1.165, 1.54) is 17.7 Å². The number of thioether (sulfide) groups is 1. The normalized spacial score (nSPS) is 16.5. The predicted octanol–water partition coefficient (Wildman–Crippen LogP) is 5.31. The van der Waals surface area contributed by atoms with Gasteiger partial charge in [0.1, 0.15) is 0 Å². The summed E-state index contributed by atoms with van der Waals surface area (Å²) in [4.78, 5) is 18.1. The molecule has 1 saturated heterocycles. The third kappa shape index (κ3) is 6.20. The van der Waals surface area contributed by atoms with E-state index >= 15 is 0 Å². The first-order valence-corrected chi connectivity index (χ1v) is 10.7. The van der Waals surface area contributed by atoms with Crippen molar-refractivity contribution >= 4 is 23.5 Å². The zero-order valence-corrected chi connectivity index (χ0v) is 17.9. The fraction of sp³-hybridized carbons (Fsp3) is 0.667. The molecule has 0 radical (unpaired) electrons. The van der Waals surface area contributed by atoms with Crippen LogP contribution < -0.4 is 5.32 Å². The van der Waals surface area contributed by atoms with Crippen LogP contribution in [0, 0.1) is 0 Å². The summed E-state index contributed by atoms with van der Waals surface area (Å²) in [6, 6.07) is 8.56. The number of amides is 2. The van der Waals surface area contributed by atoms with Gasteiger partial charge in [-0.2, -0.15) is 0 Å². The van der Waals surface area contributed by atoms with Crippen LogP contribution in [0.1, 0.15) is 53.4 Å². The monoisotopic (exact) mass is 377 g/mol. The zero-order valence-electron chi connectivity index (χ0n) is 17.0. The molecule has 0 aliphatic carbocycles. The van der Waals surface area contributed by atoms with Gasteiger partial charge in [0.2, 0.25) is 0 Å². The van der Waals surface area contributed by atoms with Crippen molar-refractivity contribution in [3.63, 3.8) is 0 Å². The van der Waals surface area contributed by atoms with Gasteiger partial charge in [0.15, 0.2) is 0 Å². The van der Waals surface area contributed by atoms with Gasteiger partial charge in [-0.15, -0.1) is 11.8 Å². The van der Waals surface area contributed by atoms with E-state index in [1.807, 2.05) is 35.8 Å². The third-order valence-corrected chi connectivity index (χ3v) is 6.49. The number of urea groups is 1. The SMILES string of the molecule is CCCC(C)(C)Sc1ccc(NC(=O)N(C)C2CCN(CC)CC2)cc1. The molecule has 0 atom stereocenters. The third-order valence-electron chi connectivity index (χ3n) is 5.22. The number of likely N-dealkylation sites (tertiary alicyclic amines) is 1. The lowest BCUT2D eigenvalue weighted by Crippen LogP contribution is -2.46. The van der Waals surface area contributed by atoms with E-state index in [0.29, 0.717) is 6.04 Å². The molecule has 0 saturated carbocycles. The molecule has 146 valence electrons. The number of rotatable bonds is 7. The summed E-state index contributed by atoms with van der Waals surface area (Å²) >= 11 is 1.90. The van der Waals surface area contributed by atoms with E-state index in [2.05, 4.69) is 50.0 Å². The second-order valence-electron chi connectivity index (χ2n) is 7.84. The van der Waals surface area contributed by atoms with Gasteiger partial charge < -0.3 is 15.1 Å². The van der Waals surface area contributed by atoms with Crippen LogP contribution in [0.25, 0.3) is 0 Å². The molecule has 0 spiro atoms. The Kier molecular flexibility index (Phi) is 7.84. The average molecular weight is 378 g/mol. The number of hydrogen-bond donors (Lipinski definition) is 1. The quantitative estimate of drug-likeness (QED) is 0.655. The maximum Gasteiger partial charge on any atom is 0.321 e. The Balaban J connectivity index is 1.87. The zero-order chi connectivity index (χ0) is 19.2. The molecule has 1 aromatic carbocycles. The highest BCUT2D eigenvalue weighted by Crippen LogP contribution is 2.36.